The molecule has 0 bridgehead atoms. The van der Waals surface area contributed by atoms with Gasteiger partial charge in [-0.2, -0.15) is 0 Å². The van der Waals surface area contributed by atoms with Crippen molar-refractivity contribution in [3.63, 3.8) is 0 Å². The van der Waals surface area contributed by atoms with Gasteiger partial charge in [0.15, 0.2) is 0 Å². The van der Waals surface area contributed by atoms with Gasteiger partial charge in [-0.1, -0.05) is 13.8 Å². The third-order valence-corrected chi connectivity index (χ3v) is 6.03. The molecule has 0 fully saturated rings. The maximum absolute atomic E-state index is 11.7. The van der Waals surface area contributed by atoms with Crippen LogP contribution in [0.1, 0.15) is 26.7 Å². The molecule has 0 aromatic heterocycles. The zero-order valence-electron chi connectivity index (χ0n) is 11.1. The van der Waals surface area contributed by atoms with Gasteiger partial charge in [0.1, 0.15) is 0 Å². The van der Waals surface area contributed by atoms with Crippen LogP contribution in [0.15, 0.2) is 0 Å². The quantitative estimate of drug-likeness (QED) is 0.255. The van der Waals surface area contributed by atoms with Crippen molar-refractivity contribution >= 4 is 127 Å². The van der Waals surface area contributed by atoms with Crippen LogP contribution in [0.5, 0.6) is 0 Å². The molecule has 0 spiro atoms. The number of rotatable bonds is 12. The van der Waals surface area contributed by atoms with Crippen molar-refractivity contribution in [2.45, 2.75) is 26.7 Å². The summed E-state index contributed by atoms with van der Waals surface area (Å²) in [5.74, 6) is 9.45. The molecule has 11 nitrogen and oxygen atoms in total. The van der Waals surface area contributed by atoms with Crippen LogP contribution in [0.3, 0.4) is 0 Å². The predicted molar refractivity (Wildman–Crippen MR) is 83.7 cm³/mol. The number of hydrogen-bond acceptors (Lipinski definition) is 11. The van der Waals surface area contributed by atoms with E-state index in [1.54, 1.807) is 13.8 Å². The van der Waals surface area contributed by atoms with Crippen LogP contribution in [0, 0.1) is 0 Å². The van der Waals surface area contributed by atoms with Gasteiger partial charge >= 0.3 is 127 Å². The second kappa shape index (κ2) is 16.8. The van der Waals surface area contributed by atoms with Gasteiger partial charge in [-0.25, -0.2) is 38.8 Å². The third-order valence-electron chi connectivity index (χ3n) is 1.54. The Bertz CT molecular complexity index is 368. The Kier molecular flexibility index (Phi) is 23.2. The normalized spacial score (nSPS) is 17.5. The molecule has 0 aliphatic carbocycles. The molecule has 2 unspecified atom stereocenters. The minimum absolute atomic E-state index is 0. The molecule has 0 aliphatic rings. The van der Waals surface area contributed by atoms with Gasteiger partial charge < -0.3 is 0 Å². The van der Waals surface area contributed by atoms with Crippen LogP contribution in [0.4, 0.5) is 0 Å². The Morgan fingerprint density at radius 3 is 1.41 bits per heavy atom. The predicted octanol–water partition coefficient (Wildman–Crippen LogP) is 0.962. The van der Waals surface area contributed by atoms with Gasteiger partial charge in [0.05, 0.1) is 13.2 Å². The van der Waals surface area contributed by atoms with Crippen molar-refractivity contribution in [3.05, 3.63) is 0 Å². The van der Waals surface area contributed by atoms with Crippen molar-refractivity contribution < 1.29 is 40.6 Å². The molecular formula is C6H21K2N2O9P3. The van der Waals surface area contributed by atoms with Crippen LogP contribution >= 0.6 is 23.9 Å². The molecule has 0 aliphatic heterocycles. The molecule has 0 amide bonds. The molecular weight excluding hydrogens is 415 g/mol. The fourth-order valence-electron chi connectivity index (χ4n) is 0.762. The van der Waals surface area contributed by atoms with Crippen LogP contribution in [-0.2, 0) is 40.6 Å². The molecule has 0 rings (SSSR count). The fourth-order valence-corrected chi connectivity index (χ4v) is 4.36. The zero-order valence-corrected chi connectivity index (χ0v) is 13.8. The van der Waals surface area contributed by atoms with Crippen molar-refractivity contribution in [2.75, 3.05) is 13.2 Å². The molecule has 2 atom stereocenters. The average Bonchev–Trinajstić information content (AvgIpc) is 2.42. The van der Waals surface area contributed by atoms with E-state index >= 15 is 0 Å². The Morgan fingerprint density at radius 2 is 1.18 bits per heavy atom. The van der Waals surface area contributed by atoms with Gasteiger partial charge in [0, 0.05) is 0 Å². The molecule has 0 aromatic rings. The van der Waals surface area contributed by atoms with E-state index in [1.165, 1.54) is 0 Å². The summed E-state index contributed by atoms with van der Waals surface area (Å²) in [6, 6.07) is 0. The first-order chi connectivity index (χ1) is 9.34. The number of nitrogens with two attached hydrogens (primary N) is 2. The van der Waals surface area contributed by atoms with Crippen LogP contribution in [0.2, 0.25) is 0 Å². The summed E-state index contributed by atoms with van der Waals surface area (Å²) in [4.78, 5) is 0. The summed E-state index contributed by atoms with van der Waals surface area (Å²) >= 11 is 0. The van der Waals surface area contributed by atoms with Gasteiger partial charge in [0.25, 0.3) is 0 Å². The second-order valence-electron chi connectivity index (χ2n) is 3.20. The van der Waals surface area contributed by atoms with E-state index in [1.807, 2.05) is 0 Å². The van der Waals surface area contributed by atoms with E-state index in [-0.39, 0.29) is 116 Å². The van der Waals surface area contributed by atoms with E-state index < -0.39 is 23.9 Å². The average molecular weight is 436 g/mol. The molecule has 0 heterocycles. The van der Waals surface area contributed by atoms with Crippen molar-refractivity contribution in [1.29, 1.82) is 0 Å². The van der Waals surface area contributed by atoms with Gasteiger partial charge in [-0.05, 0) is 12.8 Å². The molecule has 22 heavy (non-hydrogen) atoms. The van der Waals surface area contributed by atoms with Crippen molar-refractivity contribution in [3.8, 4) is 0 Å². The maximum atomic E-state index is 11.7. The molecule has 126 valence electrons. The minimum atomic E-state index is -4.28. The van der Waals surface area contributed by atoms with E-state index in [0.29, 0.717) is 12.8 Å². The monoisotopic (exact) mass is 436 g/mol. The second-order valence-corrected chi connectivity index (χ2v) is 7.89. The Morgan fingerprint density at radius 1 is 0.864 bits per heavy atom. The number of phosphoric acid groups is 2. The first-order valence-corrected chi connectivity index (χ1v) is 9.68. The zero-order chi connectivity index (χ0) is 15.6. The Hall–Kier alpha value is 3.64. The topological polar surface area (TPSA) is 159 Å². The summed E-state index contributed by atoms with van der Waals surface area (Å²) in [5.41, 5.74) is 0. The molecule has 0 aromatic carbocycles. The van der Waals surface area contributed by atoms with Crippen LogP contribution in [-0.4, -0.2) is 116 Å². The van der Waals surface area contributed by atoms with E-state index in [2.05, 4.69) is 26.9 Å². The van der Waals surface area contributed by atoms with Crippen molar-refractivity contribution in [1.82, 2.24) is 0 Å². The van der Waals surface area contributed by atoms with E-state index in [9.17, 15) is 13.7 Å². The van der Waals surface area contributed by atoms with E-state index in [4.69, 9.17) is 11.8 Å². The summed E-state index contributed by atoms with van der Waals surface area (Å²) in [6.07, 6.45) is 0.949. The summed E-state index contributed by atoms with van der Waals surface area (Å²) in [6.45, 7) is 3.38. The number of hydrogen-bond donors (Lipinski definition) is 2. The van der Waals surface area contributed by atoms with Gasteiger partial charge in [-0.3, -0.25) is 13.6 Å². The molecule has 0 saturated carbocycles. The summed E-state index contributed by atoms with van der Waals surface area (Å²) < 4.78 is 60.9. The summed E-state index contributed by atoms with van der Waals surface area (Å²) in [7, 11) is -12.2. The standard InChI is InChI=1S/C6H19N2O9P3.2K.2H/c1-3-5-12-19(10,14-7)16-18(9)17-20(11,15-8)13-6-4-2;;;;/h18H,3-8H2,1-2H3;;;;. The molecule has 0 radical (unpaired) electrons. The summed E-state index contributed by atoms with van der Waals surface area (Å²) in [5, 5.41) is 0. The Labute approximate surface area is 215 Å². The van der Waals surface area contributed by atoms with Crippen LogP contribution in [0.25, 0.3) is 0 Å². The third kappa shape index (κ3) is 13.8. The van der Waals surface area contributed by atoms with E-state index in [0.717, 1.165) is 0 Å². The molecule has 0 saturated heterocycles. The molecule has 4 N–H and O–H groups in total. The fraction of sp³-hybridized carbons (Fsp3) is 1.00. The Balaban J connectivity index is -0.00000180. The molecule has 16 heteroatoms. The van der Waals surface area contributed by atoms with Crippen LogP contribution < -0.4 is 11.8 Å². The first kappa shape index (κ1) is 30.4. The SMILES string of the molecule is CCCOP(=O)(ON)O[PH](=O)OP(=O)(ON)OCCC.[KH].[KH]. The van der Waals surface area contributed by atoms with Gasteiger partial charge in [0.2, 0.25) is 0 Å². The van der Waals surface area contributed by atoms with Gasteiger partial charge in [-0.15, -0.1) is 0 Å². The van der Waals surface area contributed by atoms with Crippen molar-refractivity contribution in [2.24, 2.45) is 11.8 Å². The first-order valence-electron chi connectivity index (χ1n) is 5.54.